The van der Waals surface area contributed by atoms with Crippen molar-refractivity contribution in [2.75, 3.05) is 25.1 Å². The summed E-state index contributed by atoms with van der Waals surface area (Å²) in [6, 6.07) is -4.22. The number of rotatable bonds is 16. The Kier molecular flexibility index (Phi) is 13.6. The molecule has 4 unspecified atom stereocenters. The van der Waals surface area contributed by atoms with E-state index in [9.17, 15) is 29.1 Å². The second-order valence-electron chi connectivity index (χ2n) is 8.42. The lowest BCUT2D eigenvalue weighted by Gasteiger charge is -2.28. The number of guanidine groups is 1. The molecule has 204 valence electrons. The number of hydrogen-bond acceptors (Lipinski definition) is 8. The van der Waals surface area contributed by atoms with E-state index in [0.717, 1.165) is 0 Å². The highest BCUT2D eigenvalue weighted by Crippen LogP contribution is 2.20. The van der Waals surface area contributed by atoms with E-state index in [-0.39, 0.29) is 18.8 Å². The maximum absolute atomic E-state index is 13.0. The third-order valence-electron chi connectivity index (χ3n) is 5.63. The van der Waals surface area contributed by atoms with Crippen molar-refractivity contribution in [3.8, 4) is 0 Å². The molecule has 0 saturated carbocycles. The fourth-order valence-corrected chi connectivity index (χ4v) is 4.20. The summed E-state index contributed by atoms with van der Waals surface area (Å²) in [6.45, 7) is 0.613. The molecule has 0 aromatic carbocycles. The van der Waals surface area contributed by atoms with Gasteiger partial charge in [0.2, 0.25) is 17.7 Å². The van der Waals surface area contributed by atoms with Crippen LogP contribution < -0.4 is 27.8 Å². The van der Waals surface area contributed by atoms with Gasteiger partial charge in [-0.1, -0.05) is 0 Å². The minimum Gasteiger partial charge on any atom is -0.481 e. The van der Waals surface area contributed by atoms with Gasteiger partial charge in [-0.3, -0.25) is 24.2 Å². The van der Waals surface area contributed by atoms with Crippen LogP contribution in [0.1, 0.15) is 44.9 Å². The van der Waals surface area contributed by atoms with Gasteiger partial charge in [-0.05, 0) is 50.5 Å². The Bertz CT molecular complexity index is 822. The molecule has 3 amide bonds. The number of aliphatic imine (C=N–C) groups is 1. The first-order chi connectivity index (χ1) is 17.0. The first kappa shape index (κ1) is 31.0. The quantitative estimate of drug-likeness (QED) is 0.0654. The van der Waals surface area contributed by atoms with E-state index in [0.29, 0.717) is 44.5 Å². The smallest absolute Gasteiger partial charge is 0.326 e. The monoisotopic (exact) mass is 531 g/mol. The average molecular weight is 532 g/mol. The topological polar surface area (TPSA) is 244 Å². The summed E-state index contributed by atoms with van der Waals surface area (Å²) in [7, 11) is 0. The molecule has 0 aromatic heterocycles. The molecule has 10 N–H and O–H groups in total. The molecule has 1 rings (SSSR count). The van der Waals surface area contributed by atoms with Crippen molar-refractivity contribution in [3.63, 3.8) is 0 Å². The third kappa shape index (κ3) is 10.7. The average Bonchev–Trinajstić information content (AvgIpc) is 3.30. The predicted octanol–water partition coefficient (Wildman–Crippen LogP) is -1.97. The molecule has 36 heavy (non-hydrogen) atoms. The number of nitrogens with two attached hydrogens (primary N) is 3. The minimum absolute atomic E-state index is 0.0633. The molecular formula is C21H37N7O7S. The first-order valence-electron chi connectivity index (χ1n) is 11.6. The van der Waals surface area contributed by atoms with Gasteiger partial charge in [-0.25, -0.2) is 4.79 Å². The Morgan fingerprint density at radius 3 is 2.36 bits per heavy atom. The Morgan fingerprint density at radius 2 is 1.78 bits per heavy atom. The van der Waals surface area contributed by atoms with Crippen molar-refractivity contribution in [2.45, 2.75) is 69.1 Å². The minimum atomic E-state index is -1.28. The molecule has 1 aliphatic heterocycles. The zero-order chi connectivity index (χ0) is 27.3. The van der Waals surface area contributed by atoms with E-state index in [2.05, 4.69) is 15.6 Å². The number of likely N-dealkylation sites (tertiary alicyclic amines) is 1. The number of carbonyl (C=O) groups is 5. The molecule has 4 atom stereocenters. The molecule has 1 saturated heterocycles. The molecule has 0 radical (unpaired) electrons. The van der Waals surface area contributed by atoms with Crippen LogP contribution in [0.3, 0.4) is 0 Å². The molecule has 0 aromatic rings. The van der Waals surface area contributed by atoms with Gasteiger partial charge in [0.25, 0.3) is 0 Å². The van der Waals surface area contributed by atoms with Crippen LogP contribution in [-0.2, 0) is 24.0 Å². The van der Waals surface area contributed by atoms with Gasteiger partial charge in [0, 0.05) is 19.5 Å². The fourth-order valence-electron chi connectivity index (χ4n) is 3.73. The number of nitrogens with one attached hydrogen (secondary N) is 2. The van der Waals surface area contributed by atoms with Crippen LogP contribution >= 0.6 is 11.8 Å². The molecule has 0 spiro atoms. The normalized spacial score (nSPS) is 17.5. The van der Waals surface area contributed by atoms with Crippen molar-refractivity contribution in [1.82, 2.24) is 15.5 Å². The van der Waals surface area contributed by atoms with Crippen molar-refractivity contribution >= 4 is 47.4 Å². The zero-order valence-corrected chi connectivity index (χ0v) is 21.2. The molecule has 15 heteroatoms. The van der Waals surface area contributed by atoms with Crippen molar-refractivity contribution < 1.29 is 34.2 Å². The molecule has 1 aliphatic rings. The second kappa shape index (κ2) is 15.8. The van der Waals surface area contributed by atoms with Gasteiger partial charge in [0.05, 0.1) is 6.04 Å². The Labute approximate surface area is 213 Å². The first-order valence-corrected chi connectivity index (χ1v) is 13.0. The summed E-state index contributed by atoms with van der Waals surface area (Å²) >= 11 is 1.41. The van der Waals surface area contributed by atoms with Gasteiger partial charge >= 0.3 is 11.9 Å². The maximum Gasteiger partial charge on any atom is 0.326 e. The Morgan fingerprint density at radius 1 is 1.08 bits per heavy atom. The highest BCUT2D eigenvalue weighted by Gasteiger charge is 2.37. The van der Waals surface area contributed by atoms with Crippen molar-refractivity contribution in [1.29, 1.82) is 0 Å². The molecule has 1 heterocycles. The summed E-state index contributed by atoms with van der Waals surface area (Å²) in [5.41, 5.74) is 16.5. The molecule has 0 aliphatic carbocycles. The van der Waals surface area contributed by atoms with Crippen molar-refractivity contribution in [2.24, 2.45) is 22.2 Å². The van der Waals surface area contributed by atoms with Gasteiger partial charge in [-0.2, -0.15) is 11.8 Å². The van der Waals surface area contributed by atoms with Gasteiger partial charge < -0.3 is 42.9 Å². The molecule has 1 fully saturated rings. The number of hydrogen-bond donors (Lipinski definition) is 7. The second-order valence-corrected chi connectivity index (χ2v) is 9.41. The summed E-state index contributed by atoms with van der Waals surface area (Å²) in [4.78, 5) is 66.4. The van der Waals surface area contributed by atoms with Crippen molar-refractivity contribution in [3.05, 3.63) is 0 Å². The Balaban J connectivity index is 2.86. The van der Waals surface area contributed by atoms with Crippen LogP contribution in [0, 0.1) is 0 Å². The summed E-state index contributed by atoms with van der Waals surface area (Å²) in [5.74, 6) is -3.85. The number of carboxylic acid groups (broad SMARTS) is 2. The number of carboxylic acids is 2. The predicted molar refractivity (Wildman–Crippen MR) is 134 cm³/mol. The maximum atomic E-state index is 13.0. The van der Waals surface area contributed by atoms with E-state index < -0.39 is 60.2 Å². The number of carbonyl (C=O) groups excluding carboxylic acids is 3. The standard InChI is InChI=1S/C21H37N7O7S/c1-36-11-8-14(20(34)35)27-17(31)13(6-7-16(29)30)26-18(32)15-5-3-10-28(15)19(33)12(22)4-2-9-25-21(23)24/h12-15H,2-11,22H2,1H3,(H,26,32)(H,27,31)(H,29,30)(H,34,35)(H4,23,24,25). The molecular weight excluding hydrogens is 494 g/mol. The zero-order valence-electron chi connectivity index (χ0n) is 20.4. The third-order valence-corrected chi connectivity index (χ3v) is 6.27. The van der Waals surface area contributed by atoms with Gasteiger partial charge in [0.15, 0.2) is 5.96 Å². The van der Waals surface area contributed by atoms with Crippen LogP contribution in [0.5, 0.6) is 0 Å². The Hall–Kier alpha value is -3.07. The highest BCUT2D eigenvalue weighted by molar-refractivity contribution is 7.98. The molecule has 14 nitrogen and oxygen atoms in total. The lowest BCUT2D eigenvalue weighted by molar-refractivity contribution is -0.143. The summed E-state index contributed by atoms with van der Waals surface area (Å²) in [5, 5.41) is 23.3. The summed E-state index contributed by atoms with van der Waals surface area (Å²) < 4.78 is 0. The van der Waals surface area contributed by atoms with Gasteiger partial charge in [-0.15, -0.1) is 0 Å². The van der Waals surface area contributed by atoms with E-state index in [1.807, 2.05) is 0 Å². The van der Waals surface area contributed by atoms with E-state index in [4.69, 9.17) is 22.3 Å². The van der Waals surface area contributed by atoms with E-state index in [1.54, 1.807) is 6.26 Å². The van der Waals surface area contributed by atoms with Crippen LogP contribution in [0.4, 0.5) is 0 Å². The van der Waals surface area contributed by atoms with E-state index in [1.165, 1.54) is 16.7 Å². The SMILES string of the molecule is CSCCC(NC(=O)C(CCC(=O)O)NC(=O)C1CCCN1C(=O)C(N)CCCN=C(N)N)C(=O)O. The van der Waals surface area contributed by atoms with Crippen LogP contribution in [0.15, 0.2) is 4.99 Å². The van der Waals surface area contributed by atoms with Crippen LogP contribution in [0.25, 0.3) is 0 Å². The van der Waals surface area contributed by atoms with Crippen LogP contribution in [-0.4, -0.2) is 100.0 Å². The van der Waals surface area contributed by atoms with E-state index >= 15 is 0 Å². The lowest BCUT2D eigenvalue weighted by atomic mass is 10.1. The number of amides is 3. The largest absolute Gasteiger partial charge is 0.481 e. The number of thioether (sulfide) groups is 1. The fraction of sp³-hybridized carbons (Fsp3) is 0.714. The van der Waals surface area contributed by atoms with Crippen LogP contribution in [0.2, 0.25) is 0 Å². The number of nitrogens with zero attached hydrogens (tertiary/aromatic N) is 2. The highest BCUT2D eigenvalue weighted by atomic mass is 32.2. The number of aliphatic carboxylic acids is 2. The lowest BCUT2D eigenvalue weighted by Crippen LogP contribution is -2.56. The summed E-state index contributed by atoms with van der Waals surface area (Å²) in [6.07, 6.45) is 2.95. The van der Waals surface area contributed by atoms with Gasteiger partial charge in [0.1, 0.15) is 18.1 Å². The molecule has 0 bridgehead atoms.